The summed E-state index contributed by atoms with van der Waals surface area (Å²) in [5.41, 5.74) is 9.15. The van der Waals surface area contributed by atoms with E-state index >= 15 is 0 Å². The molecule has 0 saturated heterocycles. The van der Waals surface area contributed by atoms with Crippen LogP contribution in [0.4, 0.5) is 0 Å². The number of nitrogens with zero attached hydrogens (tertiary/aromatic N) is 1. The number of carbonyl (C=O) groups excluding carboxylic acids is 2. The largest absolute Gasteiger partial charge is 0.497 e. The summed E-state index contributed by atoms with van der Waals surface area (Å²) in [5, 5.41) is 0.437. The maximum atomic E-state index is 13.8. The second kappa shape index (κ2) is 9.46. The number of rotatable bonds is 7. The molecule has 0 spiro atoms. The Balaban J connectivity index is 1.63. The van der Waals surface area contributed by atoms with E-state index in [9.17, 15) is 14.4 Å². The number of aryl methyl sites for hydroxylation is 2. The monoisotopic (exact) mass is 498 g/mol. The van der Waals surface area contributed by atoms with Crippen molar-refractivity contribution in [1.29, 1.82) is 0 Å². The van der Waals surface area contributed by atoms with Crippen LogP contribution in [0.15, 0.2) is 69.9 Å². The fourth-order valence-corrected chi connectivity index (χ4v) is 4.61. The number of fused-ring (bicyclic) bond motifs is 2. The van der Waals surface area contributed by atoms with Gasteiger partial charge in [-0.2, -0.15) is 0 Å². The van der Waals surface area contributed by atoms with Gasteiger partial charge in [0.25, 0.3) is 11.8 Å². The van der Waals surface area contributed by atoms with E-state index in [2.05, 4.69) is 0 Å². The summed E-state index contributed by atoms with van der Waals surface area (Å²) in [6.45, 7) is 3.88. The van der Waals surface area contributed by atoms with E-state index in [1.54, 1.807) is 42.3 Å². The summed E-state index contributed by atoms with van der Waals surface area (Å²) in [7, 11) is 1.59. The topological polar surface area (TPSA) is 112 Å². The third-order valence-electron chi connectivity index (χ3n) is 6.67. The zero-order valence-corrected chi connectivity index (χ0v) is 20.7. The van der Waals surface area contributed by atoms with Crippen molar-refractivity contribution < 1.29 is 23.5 Å². The molecule has 188 valence electrons. The molecule has 0 aliphatic carbocycles. The SMILES string of the molecule is COc1ccc(CN2C(=O)c3oc4cc(C)c(C)cc4c(=O)c3C2c2ccc(OCC(N)=O)cc2)cc1. The molecular weight excluding hydrogens is 472 g/mol. The molecule has 37 heavy (non-hydrogen) atoms. The quantitative estimate of drug-likeness (QED) is 0.412. The lowest BCUT2D eigenvalue weighted by atomic mass is 9.97. The maximum Gasteiger partial charge on any atom is 0.291 e. The van der Waals surface area contributed by atoms with Gasteiger partial charge in [0.2, 0.25) is 5.76 Å². The first-order valence-corrected chi connectivity index (χ1v) is 11.8. The van der Waals surface area contributed by atoms with Gasteiger partial charge in [-0.1, -0.05) is 24.3 Å². The van der Waals surface area contributed by atoms with E-state index in [4.69, 9.17) is 19.6 Å². The van der Waals surface area contributed by atoms with Crippen LogP contribution in [0, 0.1) is 13.8 Å². The number of carbonyl (C=O) groups is 2. The van der Waals surface area contributed by atoms with Crippen LogP contribution >= 0.6 is 0 Å². The number of ether oxygens (including phenoxy) is 2. The summed E-state index contributed by atoms with van der Waals surface area (Å²) >= 11 is 0. The fourth-order valence-electron chi connectivity index (χ4n) is 4.61. The first kappa shape index (κ1) is 24.1. The minimum absolute atomic E-state index is 0.0494. The molecule has 1 unspecified atom stereocenters. The van der Waals surface area contributed by atoms with Crippen LogP contribution in [0.3, 0.4) is 0 Å². The summed E-state index contributed by atoms with van der Waals surface area (Å²) in [6.07, 6.45) is 0. The lowest BCUT2D eigenvalue weighted by molar-refractivity contribution is -0.119. The van der Waals surface area contributed by atoms with Crippen molar-refractivity contribution in [2.24, 2.45) is 5.73 Å². The second-order valence-corrected chi connectivity index (χ2v) is 9.11. The molecule has 4 aromatic rings. The van der Waals surface area contributed by atoms with Gasteiger partial charge in [0, 0.05) is 6.54 Å². The molecule has 2 amide bonds. The summed E-state index contributed by atoms with van der Waals surface area (Å²) in [5.74, 6) is 0.262. The Morgan fingerprint density at radius 1 is 0.973 bits per heavy atom. The fraction of sp³-hybridized carbons (Fsp3) is 0.207. The smallest absolute Gasteiger partial charge is 0.291 e. The number of benzene rings is 3. The van der Waals surface area contributed by atoms with Crippen LogP contribution in [0.5, 0.6) is 11.5 Å². The van der Waals surface area contributed by atoms with Crippen LogP contribution in [0.1, 0.15) is 44.4 Å². The Morgan fingerprint density at radius 3 is 2.27 bits per heavy atom. The normalized spacial score (nSPS) is 14.6. The van der Waals surface area contributed by atoms with Gasteiger partial charge in [0.15, 0.2) is 12.0 Å². The van der Waals surface area contributed by atoms with E-state index < -0.39 is 11.9 Å². The molecule has 0 bridgehead atoms. The van der Waals surface area contributed by atoms with Gasteiger partial charge in [-0.3, -0.25) is 14.4 Å². The van der Waals surface area contributed by atoms with Crippen molar-refractivity contribution in [3.8, 4) is 11.5 Å². The van der Waals surface area contributed by atoms with Crippen LogP contribution in [0.25, 0.3) is 11.0 Å². The first-order valence-electron chi connectivity index (χ1n) is 11.8. The number of nitrogens with two attached hydrogens (primary N) is 1. The molecule has 1 atom stereocenters. The van der Waals surface area contributed by atoms with Gasteiger partial charge in [-0.25, -0.2) is 0 Å². The highest BCUT2D eigenvalue weighted by atomic mass is 16.5. The average Bonchev–Trinajstić information content (AvgIpc) is 3.16. The van der Waals surface area contributed by atoms with Gasteiger partial charge < -0.3 is 24.5 Å². The summed E-state index contributed by atoms with van der Waals surface area (Å²) in [4.78, 5) is 40.2. The molecular formula is C29H26N2O6. The highest BCUT2D eigenvalue weighted by Gasteiger charge is 2.42. The van der Waals surface area contributed by atoms with E-state index in [1.807, 2.05) is 44.2 Å². The maximum absolute atomic E-state index is 13.8. The van der Waals surface area contributed by atoms with Gasteiger partial charge in [0.1, 0.15) is 17.1 Å². The molecule has 2 N–H and O–H groups in total. The number of hydrogen-bond donors (Lipinski definition) is 1. The van der Waals surface area contributed by atoms with Crippen molar-refractivity contribution in [3.63, 3.8) is 0 Å². The Kier molecular flexibility index (Phi) is 6.17. The van der Waals surface area contributed by atoms with Gasteiger partial charge in [0.05, 0.1) is 24.1 Å². The molecule has 5 rings (SSSR count). The van der Waals surface area contributed by atoms with Crippen molar-refractivity contribution >= 4 is 22.8 Å². The van der Waals surface area contributed by atoms with Crippen LogP contribution in [-0.2, 0) is 11.3 Å². The van der Waals surface area contributed by atoms with Gasteiger partial charge in [-0.15, -0.1) is 0 Å². The molecule has 0 radical (unpaired) electrons. The molecule has 3 aromatic carbocycles. The number of hydrogen-bond acceptors (Lipinski definition) is 6. The van der Waals surface area contributed by atoms with Gasteiger partial charge >= 0.3 is 0 Å². The lowest BCUT2D eigenvalue weighted by Crippen LogP contribution is -2.29. The molecule has 1 aromatic heterocycles. The average molecular weight is 499 g/mol. The van der Waals surface area contributed by atoms with E-state index in [-0.39, 0.29) is 30.2 Å². The molecule has 2 heterocycles. The Bertz CT molecular complexity index is 1570. The molecule has 1 aliphatic heterocycles. The predicted molar refractivity (Wildman–Crippen MR) is 138 cm³/mol. The zero-order valence-electron chi connectivity index (χ0n) is 20.7. The van der Waals surface area contributed by atoms with E-state index in [1.165, 1.54) is 0 Å². The van der Waals surface area contributed by atoms with Crippen LogP contribution < -0.4 is 20.6 Å². The minimum atomic E-state index is -0.669. The van der Waals surface area contributed by atoms with E-state index in [0.717, 1.165) is 16.7 Å². The Hall–Kier alpha value is -4.59. The molecule has 8 nitrogen and oxygen atoms in total. The second-order valence-electron chi connectivity index (χ2n) is 9.11. The van der Waals surface area contributed by atoms with Crippen molar-refractivity contribution in [3.05, 3.63) is 104 Å². The first-order chi connectivity index (χ1) is 17.8. The van der Waals surface area contributed by atoms with Crippen molar-refractivity contribution in [2.45, 2.75) is 26.4 Å². The molecule has 0 fully saturated rings. The minimum Gasteiger partial charge on any atom is -0.497 e. The number of methoxy groups -OCH3 is 1. The Labute approximate surface area is 213 Å². The summed E-state index contributed by atoms with van der Waals surface area (Å²) in [6, 6.07) is 17.3. The highest BCUT2D eigenvalue weighted by molar-refractivity contribution is 5.99. The van der Waals surface area contributed by atoms with Crippen LogP contribution in [0.2, 0.25) is 0 Å². The van der Waals surface area contributed by atoms with E-state index in [0.29, 0.717) is 33.6 Å². The highest BCUT2D eigenvalue weighted by Crippen LogP contribution is 2.40. The third-order valence-corrected chi connectivity index (χ3v) is 6.67. The molecule has 8 heteroatoms. The third kappa shape index (κ3) is 4.42. The number of primary amides is 1. The Morgan fingerprint density at radius 2 is 1.62 bits per heavy atom. The molecule has 0 saturated carbocycles. The standard InChI is InChI=1S/C29H26N2O6/c1-16-12-22-23(13-17(16)2)37-28-25(27(22)33)26(19-6-10-21(11-7-19)36-15-24(30)32)31(29(28)34)14-18-4-8-20(35-3)9-5-18/h4-13,26H,14-15H2,1-3H3,(H2,30,32). The predicted octanol–water partition coefficient (Wildman–Crippen LogP) is 4.03. The van der Waals surface area contributed by atoms with Crippen LogP contribution in [-0.4, -0.2) is 30.4 Å². The lowest BCUT2D eigenvalue weighted by Gasteiger charge is -2.25. The van der Waals surface area contributed by atoms with Crippen molar-refractivity contribution in [2.75, 3.05) is 13.7 Å². The zero-order chi connectivity index (χ0) is 26.3. The summed E-state index contributed by atoms with van der Waals surface area (Å²) < 4.78 is 16.7. The molecule has 1 aliphatic rings. The van der Waals surface area contributed by atoms with Crippen molar-refractivity contribution in [1.82, 2.24) is 4.90 Å². The van der Waals surface area contributed by atoms with Gasteiger partial charge in [-0.05, 0) is 72.5 Å². The number of amides is 2.